The van der Waals surface area contributed by atoms with Gasteiger partial charge < -0.3 is 15.1 Å². The van der Waals surface area contributed by atoms with Crippen LogP contribution in [0.3, 0.4) is 0 Å². The van der Waals surface area contributed by atoms with Crippen LogP contribution in [0.25, 0.3) is 0 Å². The van der Waals surface area contributed by atoms with E-state index in [1.807, 2.05) is 16.7 Å². The summed E-state index contributed by atoms with van der Waals surface area (Å²) in [7, 11) is 0. The van der Waals surface area contributed by atoms with Crippen molar-refractivity contribution in [2.24, 2.45) is 0 Å². The fraction of sp³-hybridized carbons (Fsp3) is 0.867. The summed E-state index contributed by atoms with van der Waals surface area (Å²) in [4.78, 5) is 27.7. The summed E-state index contributed by atoms with van der Waals surface area (Å²) < 4.78 is 0. The molecule has 2 fully saturated rings. The lowest BCUT2D eigenvalue weighted by Gasteiger charge is -2.23. The van der Waals surface area contributed by atoms with Crippen LogP contribution in [-0.2, 0) is 9.59 Å². The van der Waals surface area contributed by atoms with Crippen molar-refractivity contribution in [2.75, 3.05) is 32.7 Å². The van der Waals surface area contributed by atoms with Crippen molar-refractivity contribution in [1.82, 2.24) is 15.1 Å². The molecular weight excluding hydrogens is 254 g/mol. The van der Waals surface area contributed by atoms with Gasteiger partial charge in [-0.3, -0.25) is 9.59 Å². The fourth-order valence-electron chi connectivity index (χ4n) is 3.11. The lowest BCUT2D eigenvalue weighted by molar-refractivity contribution is -0.132. The van der Waals surface area contributed by atoms with Gasteiger partial charge in [-0.05, 0) is 19.3 Å². The van der Waals surface area contributed by atoms with Crippen molar-refractivity contribution in [3.8, 4) is 0 Å². The summed E-state index contributed by atoms with van der Waals surface area (Å²) >= 11 is 0. The summed E-state index contributed by atoms with van der Waals surface area (Å²) in [6.07, 6.45) is 6.41. The summed E-state index contributed by atoms with van der Waals surface area (Å²) in [5.41, 5.74) is 0. The van der Waals surface area contributed by atoms with Crippen molar-refractivity contribution < 1.29 is 9.59 Å². The van der Waals surface area contributed by atoms with Gasteiger partial charge in [-0.25, -0.2) is 0 Å². The normalized spacial score (nSPS) is 21.1. The first-order valence-electron chi connectivity index (χ1n) is 7.99. The molecular formula is C15H27N3O2. The van der Waals surface area contributed by atoms with Crippen LogP contribution in [0, 0.1) is 0 Å². The highest BCUT2D eigenvalue weighted by Crippen LogP contribution is 2.17. The van der Waals surface area contributed by atoms with E-state index in [4.69, 9.17) is 0 Å². The minimum Gasteiger partial charge on any atom is -0.341 e. The van der Waals surface area contributed by atoms with Gasteiger partial charge >= 0.3 is 0 Å². The molecule has 0 atom stereocenters. The second-order valence-electron chi connectivity index (χ2n) is 5.83. The zero-order valence-electron chi connectivity index (χ0n) is 12.6. The fourth-order valence-corrected chi connectivity index (χ4v) is 3.11. The molecule has 0 aromatic carbocycles. The average Bonchev–Trinajstić information content (AvgIpc) is 2.86. The SMILES string of the molecule is CCC(=O)N1CCCN(C(=O)CNC2CCCC2)CC1. The molecule has 0 aromatic rings. The van der Waals surface area contributed by atoms with E-state index >= 15 is 0 Å². The van der Waals surface area contributed by atoms with Crippen molar-refractivity contribution in [2.45, 2.75) is 51.5 Å². The summed E-state index contributed by atoms with van der Waals surface area (Å²) in [6.45, 7) is 5.26. The molecule has 1 N–H and O–H groups in total. The first-order valence-corrected chi connectivity index (χ1v) is 7.99. The van der Waals surface area contributed by atoms with Crippen LogP contribution in [0.4, 0.5) is 0 Å². The zero-order chi connectivity index (χ0) is 14.4. The Morgan fingerprint density at radius 3 is 2.15 bits per heavy atom. The Labute approximate surface area is 121 Å². The van der Waals surface area contributed by atoms with Crippen molar-refractivity contribution in [3.63, 3.8) is 0 Å². The first kappa shape index (κ1) is 15.3. The highest BCUT2D eigenvalue weighted by molar-refractivity contribution is 5.79. The third kappa shape index (κ3) is 4.20. The van der Waals surface area contributed by atoms with Crippen LogP contribution in [0.5, 0.6) is 0 Å². The van der Waals surface area contributed by atoms with Gasteiger partial charge in [0.1, 0.15) is 0 Å². The third-order valence-corrected chi connectivity index (χ3v) is 4.40. The van der Waals surface area contributed by atoms with Gasteiger partial charge in [0.15, 0.2) is 0 Å². The van der Waals surface area contributed by atoms with Crippen molar-refractivity contribution >= 4 is 11.8 Å². The number of hydrogen-bond donors (Lipinski definition) is 1. The Hall–Kier alpha value is -1.10. The Morgan fingerprint density at radius 2 is 1.55 bits per heavy atom. The van der Waals surface area contributed by atoms with E-state index in [-0.39, 0.29) is 11.8 Å². The second kappa shape index (κ2) is 7.62. The molecule has 2 rings (SSSR count). The van der Waals surface area contributed by atoms with Gasteiger partial charge in [0.05, 0.1) is 6.54 Å². The number of hydrogen-bond acceptors (Lipinski definition) is 3. The third-order valence-electron chi connectivity index (χ3n) is 4.40. The maximum Gasteiger partial charge on any atom is 0.236 e. The van der Waals surface area contributed by atoms with Crippen LogP contribution in [0.1, 0.15) is 45.4 Å². The highest BCUT2D eigenvalue weighted by atomic mass is 16.2. The van der Waals surface area contributed by atoms with Crippen LogP contribution in [0.2, 0.25) is 0 Å². The van der Waals surface area contributed by atoms with Gasteiger partial charge in [0.25, 0.3) is 0 Å². The van der Waals surface area contributed by atoms with Crippen LogP contribution < -0.4 is 5.32 Å². The molecule has 0 unspecified atom stereocenters. The molecule has 2 aliphatic rings. The van der Waals surface area contributed by atoms with Crippen LogP contribution >= 0.6 is 0 Å². The lowest BCUT2D eigenvalue weighted by atomic mass is 10.2. The molecule has 1 heterocycles. The number of nitrogens with zero attached hydrogens (tertiary/aromatic N) is 2. The van der Waals surface area contributed by atoms with E-state index in [2.05, 4.69) is 5.32 Å². The largest absolute Gasteiger partial charge is 0.341 e. The standard InChI is InChI=1S/C15H27N3O2/c1-2-14(19)17-8-5-9-18(11-10-17)15(20)12-16-13-6-3-4-7-13/h13,16H,2-12H2,1H3. The van der Waals surface area contributed by atoms with E-state index in [1.54, 1.807) is 0 Å². The van der Waals surface area contributed by atoms with Crippen molar-refractivity contribution in [3.05, 3.63) is 0 Å². The number of amides is 2. The predicted octanol–water partition coefficient (Wildman–Crippen LogP) is 0.989. The van der Waals surface area contributed by atoms with E-state index in [0.29, 0.717) is 32.1 Å². The quantitative estimate of drug-likeness (QED) is 0.836. The Morgan fingerprint density at radius 1 is 0.950 bits per heavy atom. The maximum absolute atomic E-state index is 12.2. The van der Waals surface area contributed by atoms with E-state index in [9.17, 15) is 9.59 Å². The molecule has 5 nitrogen and oxygen atoms in total. The maximum atomic E-state index is 12.2. The summed E-state index contributed by atoms with van der Waals surface area (Å²) in [5, 5.41) is 3.37. The van der Waals surface area contributed by atoms with Crippen LogP contribution in [0.15, 0.2) is 0 Å². The zero-order valence-corrected chi connectivity index (χ0v) is 12.6. The molecule has 1 aliphatic carbocycles. The summed E-state index contributed by atoms with van der Waals surface area (Å²) in [6, 6.07) is 0.532. The molecule has 1 saturated carbocycles. The molecule has 114 valence electrons. The Bertz CT molecular complexity index is 340. The highest BCUT2D eigenvalue weighted by Gasteiger charge is 2.22. The number of rotatable bonds is 4. The van der Waals surface area contributed by atoms with E-state index in [0.717, 1.165) is 19.5 Å². The molecule has 5 heteroatoms. The van der Waals surface area contributed by atoms with Gasteiger partial charge in [-0.2, -0.15) is 0 Å². The van der Waals surface area contributed by atoms with Crippen LogP contribution in [-0.4, -0.2) is 60.4 Å². The van der Waals surface area contributed by atoms with E-state index in [1.165, 1.54) is 25.7 Å². The molecule has 1 aliphatic heterocycles. The molecule has 1 saturated heterocycles. The number of carbonyl (C=O) groups excluding carboxylic acids is 2. The molecule has 0 bridgehead atoms. The smallest absolute Gasteiger partial charge is 0.236 e. The van der Waals surface area contributed by atoms with Gasteiger partial charge in [0.2, 0.25) is 11.8 Å². The van der Waals surface area contributed by atoms with Gasteiger partial charge in [0, 0.05) is 38.6 Å². The Balaban J connectivity index is 1.74. The molecule has 0 radical (unpaired) electrons. The predicted molar refractivity (Wildman–Crippen MR) is 78.3 cm³/mol. The monoisotopic (exact) mass is 281 g/mol. The van der Waals surface area contributed by atoms with E-state index < -0.39 is 0 Å². The van der Waals surface area contributed by atoms with Gasteiger partial charge in [-0.15, -0.1) is 0 Å². The minimum absolute atomic E-state index is 0.183. The average molecular weight is 281 g/mol. The molecule has 20 heavy (non-hydrogen) atoms. The minimum atomic E-state index is 0.183. The Kier molecular flexibility index (Phi) is 5.83. The molecule has 0 spiro atoms. The molecule has 0 aromatic heterocycles. The van der Waals surface area contributed by atoms with Gasteiger partial charge in [-0.1, -0.05) is 19.8 Å². The summed E-state index contributed by atoms with van der Waals surface area (Å²) in [5.74, 6) is 0.381. The first-order chi connectivity index (χ1) is 9.70. The second-order valence-corrected chi connectivity index (χ2v) is 5.83. The molecule has 2 amide bonds. The topological polar surface area (TPSA) is 52.7 Å². The number of carbonyl (C=O) groups is 2. The number of nitrogens with one attached hydrogen (secondary N) is 1. The van der Waals surface area contributed by atoms with Crippen molar-refractivity contribution in [1.29, 1.82) is 0 Å². The lowest BCUT2D eigenvalue weighted by Crippen LogP contribution is -2.43.